The van der Waals surface area contributed by atoms with E-state index >= 15 is 0 Å². The number of carboxylic acids is 1. The van der Waals surface area contributed by atoms with Crippen molar-refractivity contribution < 1.29 is 24.2 Å². The molecule has 2 aliphatic carbocycles. The van der Waals surface area contributed by atoms with Crippen LogP contribution < -0.4 is 10.6 Å². The number of benzene rings is 2. The molecule has 0 spiro atoms. The first kappa shape index (κ1) is 23.8. The molecule has 4 rings (SSSR count). The second-order valence-electron chi connectivity index (χ2n) is 9.55. The molecule has 0 bridgehead atoms. The fourth-order valence-electron chi connectivity index (χ4n) is 5.19. The maximum atomic E-state index is 12.7. The molecular formula is C27H32N2O5. The summed E-state index contributed by atoms with van der Waals surface area (Å²) in [6.07, 6.45) is 1.63. The third-order valence-electron chi connectivity index (χ3n) is 7.12. The van der Waals surface area contributed by atoms with Gasteiger partial charge < -0.3 is 20.5 Å². The van der Waals surface area contributed by atoms with Crippen LogP contribution in [0.15, 0.2) is 48.5 Å². The number of fused-ring (bicyclic) bond motifs is 3. The molecule has 0 radical (unpaired) electrons. The van der Waals surface area contributed by atoms with E-state index in [1.165, 1.54) is 11.1 Å². The summed E-state index contributed by atoms with van der Waals surface area (Å²) in [5.41, 5.74) is 4.63. The van der Waals surface area contributed by atoms with Crippen LogP contribution in [0.2, 0.25) is 0 Å². The number of ether oxygens (including phenoxy) is 1. The van der Waals surface area contributed by atoms with Crippen LogP contribution in [-0.2, 0) is 14.3 Å². The van der Waals surface area contributed by atoms with Crippen LogP contribution in [0.25, 0.3) is 11.1 Å². The fraction of sp³-hybridized carbons (Fsp3) is 0.444. The predicted octanol–water partition coefficient (Wildman–Crippen LogP) is 4.17. The molecule has 1 saturated carbocycles. The van der Waals surface area contributed by atoms with Crippen LogP contribution in [0.5, 0.6) is 0 Å². The van der Waals surface area contributed by atoms with Gasteiger partial charge in [0, 0.05) is 18.5 Å². The zero-order valence-electron chi connectivity index (χ0n) is 19.6. The number of carboxylic acid groups (broad SMARTS) is 1. The number of nitrogens with one attached hydrogen (secondary N) is 2. The van der Waals surface area contributed by atoms with Gasteiger partial charge in [0.15, 0.2) is 0 Å². The highest BCUT2D eigenvalue weighted by Crippen LogP contribution is 2.44. The third-order valence-corrected chi connectivity index (χ3v) is 7.12. The van der Waals surface area contributed by atoms with Crippen molar-refractivity contribution in [2.75, 3.05) is 13.2 Å². The Morgan fingerprint density at radius 2 is 1.62 bits per heavy atom. The van der Waals surface area contributed by atoms with Gasteiger partial charge in [0.25, 0.3) is 0 Å². The van der Waals surface area contributed by atoms with Gasteiger partial charge in [0.05, 0.1) is 11.8 Å². The summed E-state index contributed by atoms with van der Waals surface area (Å²) in [5, 5.41) is 15.0. The van der Waals surface area contributed by atoms with Crippen molar-refractivity contribution in [3.05, 3.63) is 59.7 Å². The first-order valence-electron chi connectivity index (χ1n) is 12.0. The number of hydrogen-bond donors (Lipinski definition) is 3. The average Bonchev–Trinajstić information content (AvgIpc) is 3.40. The lowest BCUT2D eigenvalue weighted by molar-refractivity contribution is -0.143. The fourth-order valence-corrected chi connectivity index (χ4v) is 5.19. The Hall–Kier alpha value is -3.35. The zero-order valence-corrected chi connectivity index (χ0v) is 19.6. The second kappa shape index (κ2) is 10.3. The maximum Gasteiger partial charge on any atom is 0.407 e. The quantitative estimate of drug-likeness (QED) is 0.544. The van der Waals surface area contributed by atoms with E-state index in [2.05, 4.69) is 34.9 Å². The van der Waals surface area contributed by atoms with E-state index in [0.717, 1.165) is 17.5 Å². The Labute approximate surface area is 199 Å². The van der Waals surface area contributed by atoms with Gasteiger partial charge >= 0.3 is 12.1 Å². The summed E-state index contributed by atoms with van der Waals surface area (Å²) in [7, 11) is 0. The second-order valence-corrected chi connectivity index (χ2v) is 9.55. The summed E-state index contributed by atoms with van der Waals surface area (Å²) in [4.78, 5) is 36.8. The molecule has 2 aliphatic rings. The third kappa shape index (κ3) is 4.93. The van der Waals surface area contributed by atoms with E-state index in [1.807, 2.05) is 38.1 Å². The highest BCUT2D eigenvalue weighted by atomic mass is 16.5. The van der Waals surface area contributed by atoms with Gasteiger partial charge in [-0.15, -0.1) is 0 Å². The molecule has 3 N–H and O–H groups in total. The summed E-state index contributed by atoms with van der Waals surface area (Å²) >= 11 is 0. The van der Waals surface area contributed by atoms with Crippen molar-refractivity contribution in [3.63, 3.8) is 0 Å². The Morgan fingerprint density at radius 1 is 1.00 bits per heavy atom. The summed E-state index contributed by atoms with van der Waals surface area (Å²) < 4.78 is 5.63. The molecule has 3 unspecified atom stereocenters. The van der Waals surface area contributed by atoms with Gasteiger partial charge in [-0.3, -0.25) is 9.59 Å². The molecule has 7 heteroatoms. The van der Waals surface area contributed by atoms with E-state index in [4.69, 9.17) is 4.74 Å². The monoisotopic (exact) mass is 464 g/mol. The van der Waals surface area contributed by atoms with Crippen LogP contribution >= 0.6 is 0 Å². The number of alkyl carbamates (subject to hydrolysis) is 1. The molecule has 0 aliphatic heterocycles. The highest BCUT2D eigenvalue weighted by Gasteiger charge is 2.36. The SMILES string of the molecule is CC(C)C(CNC(=O)C1CCCC1NC(=O)OCC1c2ccccc2-c2ccccc21)C(=O)O. The lowest BCUT2D eigenvalue weighted by Gasteiger charge is -2.23. The maximum absolute atomic E-state index is 12.7. The molecule has 0 heterocycles. The normalized spacial score (nSPS) is 19.9. The first-order valence-corrected chi connectivity index (χ1v) is 12.0. The van der Waals surface area contributed by atoms with Gasteiger partial charge in [-0.05, 0) is 41.0 Å². The molecule has 180 valence electrons. The van der Waals surface area contributed by atoms with Crippen molar-refractivity contribution in [3.8, 4) is 11.1 Å². The van der Waals surface area contributed by atoms with Crippen molar-refractivity contribution in [1.29, 1.82) is 0 Å². The molecular weight excluding hydrogens is 432 g/mol. The lowest BCUT2D eigenvalue weighted by Crippen LogP contribution is -2.46. The predicted molar refractivity (Wildman–Crippen MR) is 128 cm³/mol. The van der Waals surface area contributed by atoms with Gasteiger partial charge in [0.1, 0.15) is 6.61 Å². The summed E-state index contributed by atoms with van der Waals surface area (Å²) in [5.74, 6) is -2.27. The molecule has 2 aromatic carbocycles. The van der Waals surface area contributed by atoms with Crippen LogP contribution in [-0.4, -0.2) is 42.3 Å². The van der Waals surface area contributed by atoms with Crippen molar-refractivity contribution >= 4 is 18.0 Å². The van der Waals surface area contributed by atoms with Gasteiger partial charge in [0.2, 0.25) is 5.91 Å². The Kier molecular flexibility index (Phi) is 7.20. The minimum absolute atomic E-state index is 0.0233. The Morgan fingerprint density at radius 3 is 2.21 bits per heavy atom. The van der Waals surface area contributed by atoms with Gasteiger partial charge in [-0.25, -0.2) is 4.79 Å². The molecule has 0 saturated heterocycles. The topological polar surface area (TPSA) is 105 Å². The van der Waals surface area contributed by atoms with Crippen LogP contribution in [0.1, 0.15) is 50.2 Å². The van der Waals surface area contributed by atoms with E-state index in [9.17, 15) is 19.5 Å². The number of carbonyl (C=O) groups is 3. The smallest absolute Gasteiger partial charge is 0.407 e. The molecule has 3 atom stereocenters. The molecule has 2 amide bonds. The number of amides is 2. The zero-order chi connectivity index (χ0) is 24.2. The largest absolute Gasteiger partial charge is 0.481 e. The number of rotatable bonds is 8. The standard InChI is InChI=1S/C27H32N2O5/c1-16(2)22(26(31)32)14-28-25(30)21-12-7-13-24(21)29-27(33)34-15-23-19-10-5-3-8-17(19)18-9-4-6-11-20(18)23/h3-6,8-11,16,21-24H,7,12-15H2,1-2H3,(H,28,30)(H,29,33)(H,31,32). The molecule has 34 heavy (non-hydrogen) atoms. The lowest BCUT2D eigenvalue weighted by atomic mass is 9.95. The van der Waals surface area contributed by atoms with Crippen molar-refractivity contribution in [2.45, 2.75) is 45.1 Å². The number of hydrogen-bond acceptors (Lipinski definition) is 4. The highest BCUT2D eigenvalue weighted by molar-refractivity contribution is 5.82. The van der Waals surface area contributed by atoms with E-state index in [-0.39, 0.29) is 42.9 Å². The molecule has 7 nitrogen and oxygen atoms in total. The van der Waals surface area contributed by atoms with E-state index < -0.39 is 18.0 Å². The average molecular weight is 465 g/mol. The molecule has 0 aromatic heterocycles. The number of aliphatic carboxylic acids is 1. The van der Waals surface area contributed by atoms with Crippen molar-refractivity contribution in [2.24, 2.45) is 17.8 Å². The van der Waals surface area contributed by atoms with Crippen LogP contribution in [0.4, 0.5) is 4.79 Å². The van der Waals surface area contributed by atoms with Gasteiger partial charge in [-0.1, -0.05) is 68.8 Å². The minimum atomic E-state index is -0.921. The van der Waals surface area contributed by atoms with Crippen LogP contribution in [0, 0.1) is 17.8 Å². The molecule has 2 aromatic rings. The Bertz CT molecular complexity index is 1020. The molecule has 1 fully saturated rings. The summed E-state index contributed by atoms with van der Waals surface area (Å²) in [6.45, 7) is 3.95. The summed E-state index contributed by atoms with van der Waals surface area (Å²) in [6, 6.07) is 16.0. The van der Waals surface area contributed by atoms with Crippen molar-refractivity contribution in [1.82, 2.24) is 10.6 Å². The van der Waals surface area contributed by atoms with Crippen LogP contribution in [0.3, 0.4) is 0 Å². The van der Waals surface area contributed by atoms with E-state index in [1.54, 1.807) is 0 Å². The Balaban J connectivity index is 1.33. The van der Waals surface area contributed by atoms with Gasteiger partial charge in [-0.2, -0.15) is 0 Å². The minimum Gasteiger partial charge on any atom is -0.481 e. The van der Waals surface area contributed by atoms with E-state index in [0.29, 0.717) is 12.8 Å². The first-order chi connectivity index (χ1) is 16.4. The number of carbonyl (C=O) groups excluding carboxylic acids is 2.